The summed E-state index contributed by atoms with van der Waals surface area (Å²) in [5.41, 5.74) is -0.386. The summed E-state index contributed by atoms with van der Waals surface area (Å²) in [5, 5.41) is 10.8. The predicted octanol–water partition coefficient (Wildman–Crippen LogP) is 2.48. The highest BCUT2D eigenvalue weighted by Gasteiger charge is 2.40. The molecule has 0 radical (unpaired) electrons. The fraction of sp³-hybridized carbons (Fsp3) is 0.500. The molecule has 2 unspecified atom stereocenters. The minimum absolute atomic E-state index is 0.360. The topological polar surface area (TPSA) is 46.5 Å². The second kappa shape index (κ2) is 5.82. The highest BCUT2D eigenvalue weighted by atomic mass is 16.5. The van der Waals surface area contributed by atoms with Gasteiger partial charge in [-0.25, -0.2) is 0 Å². The normalized spacial score (nSPS) is 16.0. The lowest BCUT2D eigenvalue weighted by molar-refractivity contribution is -0.157. The van der Waals surface area contributed by atoms with Crippen LogP contribution in [-0.4, -0.2) is 18.2 Å². The van der Waals surface area contributed by atoms with Crippen molar-refractivity contribution in [3.63, 3.8) is 0 Å². The first-order chi connectivity index (χ1) is 8.10. The van der Waals surface area contributed by atoms with Crippen LogP contribution >= 0.6 is 0 Å². The van der Waals surface area contributed by atoms with E-state index in [-0.39, 0.29) is 5.97 Å². The van der Waals surface area contributed by atoms with Gasteiger partial charge in [0.2, 0.25) is 0 Å². The van der Waals surface area contributed by atoms with Gasteiger partial charge >= 0.3 is 5.97 Å². The Morgan fingerprint density at radius 2 is 1.94 bits per heavy atom. The predicted molar refractivity (Wildman–Crippen MR) is 66.4 cm³/mol. The third-order valence-electron chi connectivity index (χ3n) is 3.28. The molecule has 0 saturated heterocycles. The zero-order valence-electron chi connectivity index (χ0n) is 10.6. The molecule has 3 nitrogen and oxygen atoms in total. The van der Waals surface area contributed by atoms with Crippen molar-refractivity contribution in [3.8, 4) is 0 Å². The molecule has 0 amide bonds. The summed E-state index contributed by atoms with van der Waals surface area (Å²) in [6.45, 7) is 3.75. The smallest absolute Gasteiger partial charge is 0.311 e. The maximum atomic E-state index is 11.7. The molecule has 0 heterocycles. The number of hydrogen-bond donors (Lipinski definition) is 1. The van der Waals surface area contributed by atoms with Crippen LogP contribution in [0.25, 0.3) is 0 Å². The Morgan fingerprint density at radius 1 is 1.35 bits per heavy atom. The quantitative estimate of drug-likeness (QED) is 0.799. The lowest BCUT2D eigenvalue weighted by atomic mass is 9.78. The molecule has 0 spiro atoms. The van der Waals surface area contributed by atoms with E-state index in [0.29, 0.717) is 12.8 Å². The van der Waals surface area contributed by atoms with E-state index >= 15 is 0 Å². The first-order valence-corrected chi connectivity index (χ1v) is 5.95. The van der Waals surface area contributed by atoms with E-state index in [4.69, 9.17) is 4.74 Å². The largest absolute Gasteiger partial charge is 0.469 e. The molecule has 1 aromatic rings. The summed E-state index contributed by atoms with van der Waals surface area (Å²) < 4.78 is 4.77. The SMILES string of the molecule is CCC(C(=O)OC)C(O)(CC)c1ccccc1. The molecular formula is C14H20O3. The first-order valence-electron chi connectivity index (χ1n) is 5.95. The van der Waals surface area contributed by atoms with Crippen LogP contribution in [0.2, 0.25) is 0 Å². The summed E-state index contributed by atoms with van der Waals surface area (Å²) in [6.07, 6.45) is 1.02. The first kappa shape index (κ1) is 13.7. The van der Waals surface area contributed by atoms with E-state index in [1.807, 2.05) is 44.2 Å². The van der Waals surface area contributed by atoms with Crippen molar-refractivity contribution in [2.24, 2.45) is 5.92 Å². The van der Waals surface area contributed by atoms with Gasteiger partial charge in [-0.05, 0) is 18.4 Å². The molecule has 0 aliphatic rings. The molecule has 0 bridgehead atoms. The number of carbonyl (C=O) groups excluding carboxylic acids is 1. The number of esters is 1. The molecule has 17 heavy (non-hydrogen) atoms. The van der Waals surface area contributed by atoms with Crippen LogP contribution in [0.1, 0.15) is 32.3 Å². The second-order valence-corrected chi connectivity index (χ2v) is 4.13. The number of methoxy groups -OCH3 is 1. The van der Waals surface area contributed by atoms with Crippen LogP contribution < -0.4 is 0 Å². The zero-order valence-corrected chi connectivity index (χ0v) is 10.6. The molecule has 0 saturated carbocycles. The highest BCUT2D eigenvalue weighted by molar-refractivity contribution is 5.74. The minimum atomic E-state index is -1.15. The Morgan fingerprint density at radius 3 is 2.35 bits per heavy atom. The third kappa shape index (κ3) is 2.67. The van der Waals surface area contributed by atoms with Crippen molar-refractivity contribution in [1.82, 2.24) is 0 Å². The summed E-state index contributed by atoms with van der Waals surface area (Å²) in [7, 11) is 1.35. The lowest BCUT2D eigenvalue weighted by Crippen LogP contribution is -2.39. The monoisotopic (exact) mass is 236 g/mol. The van der Waals surface area contributed by atoms with Gasteiger partial charge in [-0.2, -0.15) is 0 Å². The highest BCUT2D eigenvalue weighted by Crippen LogP contribution is 2.35. The van der Waals surface area contributed by atoms with Crippen LogP contribution in [0, 0.1) is 5.92 Å². The van der Waals surface area contributed by atoms with Crippen LogP contribution in [0.15, 0.2) is 30.3 Å². The van der Waals surface area contributed by atoms with Gasteiger partial charge in [0.1, 0.15) is 5.60 Å². The maximum absolute atomic E-state index is 11.7. The van der Waals surface area contributed by atoms with Crippen molar-refractivity contribution >= 4 is 5.97 Å². The summed E-state index contributed by atoms with van der Waals surface area (Å²) in [4.78, 5) is 11.7. The van der Waals surface area contributed by atoms with E-state index in [1.165, 1.54) is 7.11 Å². The molecule has 1 rings (SSSR count). The van der Waals surface area contributed by atoms with Crippen molar-refractivity contribution in [2.75, 3.05) is 7.11 Å². The van der Waals surface area contributed by atoms with Gasteiger partial charge in [-0.3, -0.25) is 4.79 Å². The number of aliphatic hydroxyl groups is 1. The molecule has 1 N–H and O–H groups in total. The average molecular weight is 236 g/mol. The van der Waals surface area contributed by atoms with Gasteiger partial charge in [0, 0.05) is 0 Å². The van der Waals surface area contributed by atoms with E-state index in [2.05, 4.69) is 0 Å². The van der Waals surface area contributed by atoms with Crippen LogP contribution in [-0.2, 0) is 15.1 Å². The second-order valence-electron chi connectivity index (χ2n) is 4.13. The zero-order chi connectivity index (χ0) is 12.9. The molecule has 0 aliphatic heterocycles. The van der Waals surface area contributed by atoms with E-state index in [9.17, 15) is 9.90 Å². The Hall–Kier alpha value is -1.35. The molecule has 0 aliphatic carbocycles. The average Bonchev–Trinajstić information content (AvgIpc) is 2.39. The van der Waals surface area contributed by atoms with Crippen molar-refractivity contribution < 1.29 is 14.6 Å². The van der Waals surface area contributed by atoms with Crippen molar-refractivity contribution in [1.29, 1.82) is 0 Å². The Balaban J connectivity index is 3.14. The number of hydrogen-bond acceptors (Lipinski definition) is 3. The van der Waals surface area contributed by atoms with Gasteiger partial charge in [0.25, 0.3) is 0 Å². The van der Waals surface area contributed by atoms with Gasteiger partial charge in [0.05, 0.1) is 13.0 Å². The number of carbonyl (C=O) groups is 1. The molecule has 1 aromatic carbocycles. The van der Waals surface area contributed by atoms with Gasteiger partial charge in [-0.15, -0.1) is 0 Å². The fourth-order valence-electron chi connectivity index (χ4n) is 2.22. The molecule has 3 heteroatoms. The summed E-state index contributed by atoms with van der Waals surface area (Å²) in [5.74, 6) is -0.888. The van der Waals surface area contributed by atoms with Crippen molar-refractivity contribution in [2.45, 2.75) is 32.3 Å². The van der Waals surface area contributed by atoms with E-state index in [1.54, 1.807) is 0 Å². The van der Waals surface area contributed by atoms with Crippen LogP contribution in [0.5, 0.6) is 0 Å². The van der Waals surface area contributed by atoms with Gasteiger partial charge in [0.15, 0.2) is 0 Å². The van der Waals surface area contributed by atoms with Crippen molar-refractivity contribution in [3.05, 3.63) is 35.9 Å². The fourth-order valence-corrected chi connectivity index (χ4v) is 2.22. The molecular weight excluding hydrogens is 216 g/mol. The van der Waals surface area contributed by atoms with E-state index in [0.717, 1.165) is 5.56 Å². The Bertz CT molecular complexity index is 361. The number of benzene rings is 1. The Kier molecular flexibility index (Phi) is 4.70. The lowest BCUT2D eigenvalue weighted by Gasteiger charge is -2.33. The van der Waals surface area contributed by atoms with Gasteiger partial charge in [-0.1, -0.05) is 44.2 Å². The molecule has 94 valence electrons. The summed E-state index contributed by atoms with van der Waals surface area (Å²) in [6, 6.07) is 9.29. The summed E-state index contributed by atoms with van der Waals surface area (Å²) >= 11 is 0. The third-order valence-corrected chi connectivity index (χ3v) is 3.28. The Labute approximate surface area is 102 Å². The van der Waals surface area contributed by atoms with Crippen LogP contribution in [0.4, 0.5) is 0 Å². The number of rotatable bonds is 5. The molecule has 0 aromatic heterocycles. The molecule has 0 fully saturated rings. The maximum Gasteiger partial charge on any atom is 0.311 e. The minimum Gasteiger partial charge on any atom is -0.469 e. The van der Waals surface area contributed by atoms with Crippen LogP contribution in [0.3, 0.4) is 0 Å². The van der Waals surface area contributed by atoms with E-state index < -0.39 is 11.5 Å². The standard InChI is InChI=1S/C14H20O3/c1-4-12(13(15)17-3)14(16,5-2)11-9-7-6-8-10-11/h6-10,12,16H,4-5H2,1-3H3. The number of ether oxygens (including phenoxy) is 1. The molecule has 2 atom stereocenters. The van der Waals surface area contributed by atoms with Gasteiger partial charge < -0.3 is 9.84 Å².